The van der Waals surface area contributed by atoms with Gasteiger partial charge in [0.25, 0.3) is 5.91 Å². The number of carboxylic acid groups (broad SMARTS) is 1. The number of halogens is 1. The van der Waals surface area contributed by atoms with Crippen molar-refractivity contribution in [2.45, 2.75) is 57.7 Å². The van der Waals surface area contributed by atoms with E-state index in [0.717, 1.165) is 4.57 Å². The number of benzene rings is 3. The van der Waals surface area contributed by atoms with E-state index in [2.05, 4.69) is 0 Å². The normalized spacial score (nSPS) is 18.9. The first kappa shape index (κ1) is 14.6. The Morgan fingerprint density at radius 3 is 2.15 bits per heavy atom. The monoisotopic (exact) mass is 575 g/mol. The van der Waals surface area contributed by atoms with Gasteiger partial charge >= 0.3 is 5.97 Å². The van der Waals surface area contributed by atoms with E-state index in [1.165, 1.54) is 13.8 Å². The summed E-state index contributed by atoms with van der Waals surface area (Å²) in [7, 11) is 0. The molecule has 0 aliphatic rings. The molecule has 4 rings (SSSR count). The fraction of sp³-hybridized carbons (Fsp3) is 0.273. The molecule has 7 nitrogen and oxygen atoms in total. The molecule has 4 N–H and O–H groups in total. The first-order chi connectivity index (χ1) is 26.7. The van der Waals surface area contributed by atoms with Gasteiger partial charge in [0, 0.05) is 26.2 Å². The van der Waals surface area contributed by atoms with Crippen LogP contribution in [0.1, 0.15) is 77.0 Å². The summed E-state index contributed by atoms with van der Waals surface area (Å²) in [6, 6.07) is -14.3. The van der Waals surface area contributed by atoms with Crippen LogP contribution in [0, 0.1) is 5.82 Å². The van der Waals surface area contributed by atoms with Crippen molar-refractivity contribution in [3.8, 4) is 22.4 Å². The van der Waals surface area contributed by atoms with Crippen molar-refractivity contribution in [3.63, 3.8) is 0 Å². The van der Waals surface area contributed by atoms with Crippen LogP contribution in [0.25, 0.3) is 22.4 Å². The van der Waals surface area contributed by atoms with E-state index in [1.54, 1.807) is 0 Å². The first-order valence-electron chi connectivity index (χ1n) is 20.7. The van der Waals surface area contributed by atoms with E-state index in [9.17, 15) is 24.9 Å². The predicted octanol–water partition coefficient (Wildman–Crippen LogP) is 6.31. The number of carboxylic acids is 1. The highest BCUT2D eigenvalue weighted by Crippen LogP contribution is 2.42. The van der Waals surface area contributed by atoms with Crippen LogP contribution in [0.4, 0.5) is 10.1 Å². The molecule has 0 radical (unpaired) electrons. The van der Waals surface area contributed by atoms with E-state index in [4.69, 9.17) is 23.3 Å². The van der Waals surface area contributed by atoms with Crippen molar-refractivity contribution >= 4 is 17.6 Å². The molecule has 8 heteroatoms. The van der Waals surface area contributed by atoms with Gasteiger partial charge in [0.1, 0.15) is 5.82 Å². The zero-order chi connectivity index (χ0) is 44.4. The molecule has 1 amide bonds. The number of aromatic nitrogens is 1. The Kier molecular flexibility index (Phi) is 4.76. The number of anilines is 1. The van der Waals surface area contributed by atoms with Crippen molar-refractivity contribution in [2.75, 3.05) is 5.31 Å². The minimum atomic E-state index is -3.24. The van der Waals surface area contributed by atoms with Crippen LogP contribution < -0.4 is 5.31 Å². The van der Waals surface area contributed by atoms with E-state index in [1.807, 2.05) is 0 Å². The van der Waals surface area contributed by atoms with Crippen LogP contribution in [0.15, 0.2) is 84.6 Å². The van der Waals surface area contributed by atoms with Gasteiger partial charge in [-0.15, -0.1) is 0 Å². The number of nitrogens with zero attached hydrogens (tertiary/aromatic N) is 1. The van der Waals surface area contributed by atoms with Crippen LogP contribution >= 0.6 is 0 Å². The van der Waals surface area contributed by atoms with Crippen molar-refractivity contribution in [3.05, 3.63) is 102 Å². The highest BCUT2D eigenvalue weighted by atomic mass is 19.1. The second kappa shape index (κ2) is 13.4. The third-order valence-electron chi connectivity index (χ3n) is 5.82. The number of carbonyl (C=O) groups is 2. The Morgan fingerprint density at radius 2 is 1.56 bits per heavy atom. The molecular formula is C33H35FN2O5. The molecule has 4 aromatic rings. The lowest BCUT2D eigenvalue weighted by atomic mass is 9.94. The van der Waals surface area contributed by atoms with Gasteiger partial charge in [-0.05, 0) is 66.1 Å². The van der Waals surface area contributed by atoms with Gasteiger partial charge in [0.05, 0.1) is 49.0 Å². The smallest absolute Gasteiger partial charge is 0.305 e. The molecule has 0 spiro atoms. The number of rotatable bonds is 12. The van der Waals surface area contributed by atoms with Crippen LogP contribution in [-0.4, -0.2) is 44.0 Å². The van der Waals surface area contributed by atoms with Gasteiger partial charge < -0.3 is 25.2 Å². The lowest BCUT2D eigenvalue weighted by Crippen LogP contribution is -2.22. The standard InChI is InChI=1S/C33H35FN2O5/c1-21(2)31-30(33(41)35-25-11-7-4-8-12-25)29(22-9-5-3-6-10-22)32(23-13-15-24(34)16-14-23)36(31)18-17-26(37)19-27(38)20-28(39)40/h3-16,21,26-27,37-38H,17-20H2,1-2H3,(H,35,41)(H,39,40)/t26-,27-/m0/s1/i3D,4D,5D,6D,7D,8D,9D,10D,11D,12D,13D,14D,15D,16D,20D2/hD. The number of aliphatic carboxylic acids is 1. The second-order valence-electron chi connectivity index (χ2n) is 9.01. The average Bonchev–Trinajstić information content (AvgIpc) is 3.49. The summed E-state index contributed by atoms with van der Waals surface area (Å²) in [6.07, 6.45) is -8.77. The number of amides is 1. The Hall–Kier alpha value is -4.27. The van der Waals surface area contributed by atoms with E-state index in [0.29, 0.717) is 0 Å². The Labute approximate surface area is 262 Å². The minimum absolute atomic E-state index is 0.104. The Morgan fingerprint density at radius 1 is 0.951 bits per heavy atom. The highest BCUT2D eigenvalue weighted by molar-refractivity contribution is 6.12. The molecule has 1 heterocycles. The molecule has 0 fully saturated rings. The van der Waals surface area contributed by atoms with Gasteiger partial charge in [-0.25, -0.2) is 4.39 Å². The van der Waals surface area contributed by atoms with Crippen LogP contribution in [0.2, 0.25) is 1.41 Å². The zero-order valence-corrected chi connectivity index (χ0v) is 21.8. The van der Waals surface area contributed by atoms with Crippen LogP contribution in [0.3, 0.4) is 0 Å². The maximum absolute atomic E-state index is 15.0. The molecule has 0 aliphatic heterocycles. The van der Waals surface area contributed by atoms with Crippen LogP contribution in [-0.2, 0) is 11.3 Å². The summed E-state index contributed by atoms with van der Waals surface area (Å²) >= 11 is 0. The number of para-hydroxylation sites is 1. The summed E-state index contributed by atoms with van der Waals surface area (Å²) in [5.41, 5.74) is -5.06. The molecule has 0 aliphatic carbocycles. The number of aliphatic hydroxyl groups excluding tert-OH is 2. The molecule has 41 heavy (non-hydrogen) atoms. The lowest BCUT2D eigenvalue weighted by molar-refractivity contribution is -0.139. The van der Waals surface area contributed by atoms with E-state index < -0.39 is 180 Å². The molecule has 0 bridgehead atoms. The quantitative estimate of drug-likeness (QED) is 0.158. The molecule has 0 unspecified atom stereocenters. The minimum Gasteiger partial charge on any atom is -0.481 e. The van der Waals surface area contributed by atoms with Gasteiger partial charge in [-0.2, -0.15) is 0 Å². The SMILES string of the molecule is [2H]c1c([2H])c([2H])c(-c2c(C(=O)N([2H])c3c([2H])c([2H])c([2H])c([2H])c3[2H])c(C(C)C)n(CC[C@H](O)C[C@H](O)C([2H])([2H])C(=O)O)c2-c2c([2H])c([2H])c(F)c([2H])c2[2H])c([2H])c1[2H]. The van der Waals surface area contributed by atoms with Gasteiger partial charge in [0.2, 0.25) is 0 Å². The van der Waals surface area contributed by atoms with E-state index >= 15 is 4.39 Å². The number of aliphatic hydroxyl groups is 2. The maximum atomic E-state index is 15.0. The summed E-state index contributed by atoms with van der Waals surface area (Å²) in [5, 5.41) is 30.4. The molecule has 0 saturated heterocycles. The average molecular weight is 576 g/mol. The highest BCUT2D eigenvalue weighted by Gasteiger charge is 2.31. The largest absolute Gasteiger partial charge is 0.481 e. The predicted molar refractivity (Wildman–Crippen MR) is 157 cm³/mol. The molecule has 0 saturated carbocycles. The topological polar surface area (TPSA) is 112 Å². The van der Waals surface area contributed by atoms with Gasteiger partial charge in [-0.1, -0.05) is 62.2 Å². The third-order valence-corrected chi connectivity index (χ3v) is 5.82. The summed E-state index contributed by atoms with van der Waals surface area (Å²) < 4.78 is 158. The Balaban J connectivity index is 2.28. The summed E-state index contributed by atoms with van der Waals surface area (Å²) in [5.74, 6) is -6.21. The number of hydrogen-bond donors (Lipinski definition) is 4. The fourth-order valence-electron chi connectivity index (χ4n) is 4.29. The molecule has 214 valence electrons. The number of nitrogens with one attached hydrogen (secondary N) is 1. The van der Waals surface area contributed by atoms with Gasteiger partial charge in [0.15, 0.2) is 1.41 Å². The fourth-order valence-corrected chi connectivity index (χ4v) is 4.29. The Bertz CT molecular complexity index is 2280. The third kappa shape index (κ3) is 7.28. The van der Waals surface area contributed by atoms with Crippen LogP contribution in [0.5, 0.6) is 0 Å². The first-order valence-corrected chi connectivity index (χ1v) is 12.3. The maximum Gasteiger partial charge on any atom is 0.305 e. The second-order valence-corrected chi connectivity index (χ2v) is 9.01. The molecule has 1 aromatic heterocycles. The lowest BCUT2D eigenvalue weighted by Gasteiger charge is -2.20. The summed E-state index contributed by atoms with van der Waals surface area (Å²) in [6.45, 7) is 2.26. The van der Waals surface area contributed by atoms with Crippen molar-refractivity contribution in [2.24, 2.45) is 0 Å². The number of carbonyl (C=O) groups excluding carboxylic acids is 1. The molecular weight excluding hydrogens is 523 g/mol. The van der Waals surface area contributed by atoms with Crippen molar-refractivity contribution in [1.82, 2.24) is 4.57 Å². The van der Waals surface area contributed by atoms with Gasteiger partial charge in [-0.3, -0.25) is 9.59 Å². The molecule has 2 atom stereocenters. The zero-order valence-electron chi connectivity index (χ0n) is 38.8. The van der Waals surface area contributed by atoms with Crippen molar-refractivity contribution in [1.29, 1.82) is 0 Å². The van der Waals surface area contributed by atoms with Crippen molar-refractivity contribution < 1.29 is 52.6 Å². The molecule has 3 aromatic carbocycles. The summed E-state index contributed by atoms with van der Waals surface area (Å²) in [4.78, 5) is 26.3. The van der Waals surface area contributed by atoms with E-state index in [-0.39, 0.29) is 11.0 Å². The number of hydrogen-bond acceptors (Lipinski definition) is 4.